The molecule has 0 saturated heterocycles. The summed E-state index contributed by atoms with van der Waals surface area (Å²) in [5, 5.41) is 8.07. The smallest absolute Gasteiger partial charge is 0.325 e. The van der Waals surface area contributed by atoms with Gasteiger partial charge in [0.1, 0.15) is 11.3 Å². The minimum Gasteiger partial charge on any atom is -0.497 e. The lowest BCUT2D eigenvalue weighted by Gasteiger charge is -2.05. The molecule has 0 aliphatic heterocycles. The molecular weight excluding hydrogens is 270 g/mol. The highest BCUT2D eigenvalue weighted by molar-refractivity contribution is 7.91. The molecule has 3 unspecified atom stereocenters. The van der Waals surface area contributed by atoms with Crippen LogP contribution in [0.5, 0.6) is 5.75 Å². The normalized spacial score (nSPS) is 29.8. The fourth-order valence-electron chi connectivity index (χ4n) is 2.49. The molecule has 1 fully saturated rings. The zero-order valence-corrected chi connectivity index (χ0v) is 11.3. The van der Waals surface area contributed by atoms with Gasteiger partial charge in [0.05, 0.1) is 12.4 Å². The molecule has 0 amide bonds. The Morgan fingerprint density at radius 2 is 1.89 bits per heavy atom. The van der Waals surface area contributed by atoms with E-state index in [2.05, 4.69) is 0 Å². The second kappa shape index (κ2) is 4.21. The van der Waals surface area contributed by atoms with Gasteiger partial charge in [-0.25, -0.2) is 8.42 Å². The molecule has 1 aromatic rings. The van der Waals surface area contributed by atoms with Gasteiger partial charge in [-0.05, 0) is 17.7 Å². The van der Waals surface area contributed by atoms with Gasteiger partial charge in [-0.15, -0.1) is 0 Å². The number of carboxylic acids is 1. The molecule has 1 saturated carbocycles. The van der Waals surface area contributed by atoms with E-state index in [1.54, 1.807) is 24.3 Å². The van der Waals surface area contributed by atoms with Crippen molar-refractivity contribution in [3.63, 3.8) is 0 Å². The van der Waals surface area contributed by atoms with E-state index in [-0.39, 0.29) is 0 Å². The van der Waals surface area contributed by atoms with Gasteiger partial charge in [0.15, 0.2) is 9.84 Å². The lowest BCUT2D eigenvalue weighted by Crippen LogP contribution is -2.39. The Balaban J connectivity index is 2.41. The van der Waals surface area contributed by atoms with Crippen LogP contribution in [0.4, 0.5) is 0 Å². The molecule has 3 atom stereocenters. The van der Waals surface area contributed by atoms with E-state index in [0.29, 0.717) is 11.3 Å². The lowest BCUT2D eigenvalue weighted by molar-refractivity contribution is -0.139. The van der Waals surface area contributed by atoms with E-state index in [1.165, 1.54) is 7.11 Å². The van der Waals surface area contributed by atoms with Crippen molar-refractivity contribution in [3.05, 3.63) is 29.8 Å². The topological polar surface area (TPSA) is 107 Å². The van der Waals surface area contributed by atoms with Crippen LogP contribution >= 0.6 is 0 Å². The summed E-state index contributed by atoms with van der Waals surface area (Å²) in [6, 6.07) is 6.57. The van der Waals surface area contributed by atoms with Crippen LogP contribution in [0.1, 0.15) is 11.5 Å². The highest BCUT2D eigenvalue weighted by atomic mass is 32.2. The Morgan fingerprint density at radius 1 is 1.37 bits per heavy atom. The van der Waals surface area contributed by atoms with Crippen molar-refractivity contribution in [2.45, 2.75) is 16.7 Å². The number of hydrogen-bond acceptors (Lipinski definition) is 5. The molecule has 0 bridgehead atoms. The first-order chi connectivity index (χ1) is 8.72. The average molecular weight is 285 g/mol. The van der Waals surface area contributed by atoms with Crippen molar-refractivity contribution in [2.75, 3.05) is 13.4 Å². The third kappa shape index (κ3) is 2.08. The maximum absolute atomic E-state index is 11.7. The molecular formula is C12H15NO5S. The molecule has 104 valence electrons. The van der Waals surface area contributed by atoms with Crippen LogP contribution in [0.25, 0.3) is 0 Å². The zero-order chi connectivity index (χ0) is 14.4. The molecule has 0 aromatic heterocycles. The SMILES string of the molecule is COc1ccc(C2C(S(C)(=O)=O)C2(N)C(=O)O)cc1. The third-order valence-corrected chi connectivity index (χ3v) is 5.07. The van der Waals surface area contributed by atoms with Gasteiger partial charge in [-0.1, -0.05) is 12.1 Å². The number of hydrogen-bond donors (Lipinski definition) is 2. The van der Waals surface area contributed by atoms with Gasteiger partial charge in [-0.3, -0.25) is 4.79 Å². The van der Waals surface area contributed by atoms with Crippen LogP contribution in [0.3, 0.4) is 0 Å². The number of ether oxygens (including phenoxy) is 1. The number of aliphatic carboxylic acids is 1. The van der Waals surface area contributed by atoms with Crippen LogP contribution in [-0.4, -0.2) is 43.6 Å². The van der Waals surface area contributed by atoms with E-state index < -0.39 is 32.5 Å². The molecule has 1 aliphatic rings. The fourth-order valence-corrected chi connectivity index (χ4v) is 4.25. The maximum atomic E-state index is 11.7. The van der Waals surface area contributed by atoms with Crippen LogP contribution in [0, 0.1) is 0 Å². The maximum Gasteiger partial charge on any atom is 0.325 e. The number of methoxy groups -OCH3 is 1. The second-order valence-corrected chi connectivity index (χ2v) is 6.91. The van der Waals surface area contributed by atoms with Crippen molar-refractivity contribution in [1.82, 2.24) is 0 Å². The average Bonchev–Trinajstić information content (AvgIpc) is 2.98. The van der Waals surface area contributed by atoms with Gasteiger partial charge >= 0.3 is 5.97 Å². The van der Waals surface area contributed by atoms with Crippen LogP contribution in [0.15, 0.2) is 24.3 Å². The number of carbonyl (C=O) groups is 1. The molecule has 19 heavy (non-hydrogen) atoms. The minimum atomic E-state index is -3.53. The van der Waals surface area contributed by atoms with Crippen LogP contribution in [-0.2, 0) is 14.6 Å². The minimum absolute atomic E-state index is 0.584. The van der Waals surface area contributed by atoms with E-state index in [9.17, 15) is 13.2 Å². The van der Waals surface area contributed by atoms with E-state index >= 15 is 0 Å². The van der Waals surface area contributed by atoms with Crippen molar-refractivity contribution < 1.29 is 23.1 Å². The summed E-state index contributed by atoms with van der Waals surface area (Å²) in [7, 11) is -2.02. The van der Waals surface area contributed by atoms with Gasteiger partial charge in [-0.2, -0.15) is 0 Å². The molecule has 3 N–H and O–H groups in total. The largest absolute Gasteiger partial charge is 0.497 e. The first kappa shape index (κ1) is 13.8. The first-order valence-electron chi connectivity index (χ1n) is 5.58. The molecule has 6 nitrogen and oxygen atoms in total. The van der Waals surface area contributed by atoms with Crippen molar-refractivity contribution >= 4 is 15.8 Å². The van der Waals surface area contributed by atoms with Crippen molar-refractivity contribution in [3.8, 4) is 5.75 Å². The molecule has 1 aromatic carbocycles. The summed E-state index contributed by atoms with van der Waals surface area (Å²) in [6.07, 6.45) is 1.01. The standard InChI is InChI=1S/C12H15NO5S/c1-18-8-5-3-7(4-6-8)9-10(19(2,16)17)12(9,13)11(14)15/h3-6,9-10H,13H2,1-2H3,(H,14,15). The predicted octanol–water partition coefficient (Wildman–Crippen LogP) is -0.0123. The molecule has 0 heterocycles. The van der Waals surface area contributed by atoms with Crippen LogP contribution in [0.2, 0.25) is 0 Å². The summed E-state index contributed by atoms with van der Waals surface area (Å²) in [5.41, 5.74) is 4.59. The van der Waals surface area contributed by atoms with Crippen molar-refractivity contribution in [2.24, 2.45) is 5.73 Å². The van der Waals surface area contributed by atoms with Crippen molar-refractivity contribution in [1.29, 1.82) is 0 Å². The predicted molar refractivity (Wildman–Crippen MR) is 68.9 cm³/mol. The fraction of sp³-hybridized carbons (Fsp3) is 0.417. The highest BCUT2D eigenvalue weighted by Crippen LogP contribution is 2.54. The zero-order valence-electron chi connectivity index (χ0n) is 10.5. The number of benzene rings is 1. The Morgan fingerprint density at radius 3 is 2.21 bits per heavy atom. The third-order valence-electron chi connectivity index (χ3n) is 3.49. The number of rotatable bonds is 4. The van der Waals surface area contributed by atoms with Gasteiger partial charge in [0, 0.05) is 12.2 Å². The Kier molecular flexibility index (Phi) is 3.06. The number of sulfone groups is 1. The summed E-state index contributed by atoms with van der Waals surface area (Å²) < 4.78 is 28.3. The quantitative estimate of drug-likeness (QED) is 0.805. The Labute approximate surface area is 111 Å². The molecule has 1 aliphatic carbocycles. The van der Waals surface area contributed by atoms with Gasteiger partial charge in [0.2, 0.25) is 0 Å². The molecule has 7 heteroatoms. The number of carboxylic acid groups (broad SMARTS) is 1. The van der Waals surface area contributed by atoms with E-state index in [1.807, 2.05) is 0 Å². The Bertz CT molecular complexity index is 610. The lowest BCUT2D eigenvalue weighted by atomic mass is 10.1. The van der Waals surface area contributed by atoms with Gasteiger partial charge < -0.3 is 15.6 Å². The summed E-state index contributed by atoms with van der Waals surface area (Å²) in [5.74, 6) is -1.42. The number of nitrogens with two attached hydrogens (primary N) is 1. The Hall–Kier alpha value is -1.60. The summed E-state index contributed by atoms with van der Waals surface area (Å²) in [4.78, 5) is 11.2. The van der Waals surface area contributed by atoms with Crippen LogP contribution < -0.4 is 10.5 Å². The summed E-state index contributed by atoms with van der Waals surface area (Å²) in [6.45, 7) is 0. The first-order valence-corrected chi connectivity index (χ1v) is 7.53. The van der Waals surface area contributed by atoms with E-state index in [4.69, 9.17) is 15.6 Å². The molecule has 0 spiro atoms. The molecule has 2 rings (SSSR count). The van der Waals surface area contributed by atoms with Gasteiger partial charge in [0.25, 0.3) is 0 Å². The summed E-state index contributed by atoms with van der Waals surface area (Å²) >= 11 is 0. The highest BCUT2D eigenvalue weighted by Gasteiger charge is 2.73. The van der Waals surface area contributed by atoms with E-state index in [0.717, 1.165) is 6.26 Å². The monoisotopic (exact) mass is 285 g/mol. The molecule has 0 radical (unpaired) electrons. The second-order valence-electron chi connectivity index (χ2n) is 4.74.